The molecule has 1 saturated carbocycles. The van der Waals surface area contributed by atoms with E-state index in [0.29, 0.717) is 12.1 Å². The van der Waals surface area contributed by atoms with E-state index in [0.717, 1.165) is 54.7 Å². The van der Waals surface area contributed by atoms with Crippen LogP contribution in [0.25, 0.3) is 0 Å². The molecule has 0 bridgehead atoms. The summed E-state index contributed by atoms with van der Waals surface area (Å²) in [5.74, 6) is 0.665. The average molecular weight is 424 g/mol. The molecule has 0 aromatic heterocycles. The van der Waals surface area contributed by atoms with E-state index >= 15 is 0 Å². The molecule has 6 nitrogen and oxygen atoms in total. The molecule has 3 rings (SSSR count). The van der Waals surface area contributed by atoms with Crippen molar-refractivity contribution >= 4 is 17.6 Å². The minimum atomic E-state index is -0.170. The fourth-order valence-corrected chi connectivity index (χ4v) is 3.85. The monoisotopic (exact) mass is 423 g/mol. The predicted molar refractivity (Wildman–Crippen MR) is 124 cm³/mol. The summed E-state index contributed by atoms with van der Waals surface area (Å²) in [6.45, 7) is 6.63. The number of benzene rings is 2. The van der Waals surface area contributed by atoms with Crippen molar-refractivity contribution in [3.05, 3.63) is 59.2 Å². The SMILES string of the molecule is CCCNC(=O)c1cc(OC2CCC(NC(=O)Nc3cccc(C)c3)CC2)ccc1C. The molecule has 0 unspecified atom stereocenters. The Bertz CT molecular complexity index is 905. The molecule has 0 atom stereocenters. The quantitative estimate of drug-likeness (QED) is 0.589. The maximum Gasteiger partial charge on any atom is 0.319 e. The zero-order chi connectivity index (χ0) is 22.2. The van der Waals surface area contributed by atoms with Gasteiger partial charge in [0.05, 0.1) is 6.10 Å². The maximum absolute atomic E-state index is 12.4. The Morgan fingerprint density at radius 2 is 1.81 bits per heavy atom. The third-order valence-electron chi connectivity index (χ3n) is 5.58. The summed E-state index contributed by atoms with van der Waals surface area (Å²) in [6.07, 6.45) is 4.44. The van der Waals surface area contributed by atoms with Crippen LogP contribution in [0.4, 0.5) is 10.5 Å². The molecular formula is C25H33N3O3. The van der Waals surface area contributed by atoms with E-state index in [1.165, 1.54) is 0 Å². The summed E-state index contributed by atoms with van der Waals surface area (Å²) in [5.41, 5.74) is 3.51. The number of ether oxygens (including phenoxy) is 1. The van der Waals surface area contributed by atoms with E-state index in [-0.39, 0.29) is 24.1 Å². The second-order valence-corrected chi connectivity index (χ2v) is 8.29. The van der Waals surface area contributed by atoms with Gasteiger partial charge in [0.15, 0.2) is 0 Å². The molecule has 6 heteroatoms. The molecule has 2 aromatic carbocycles. The number of carbonyl (C=O) groups is 2. The lowest BCUT2D eigenvalue weighted by Crippen LogP contribution is -2.41. The van der Waals surface area contributed by atoms with Crippen molar-refractivity contribution in [3.8, 4) is 5.75 Å². The fourth-order valence-electron chi connectivity index (χ4n) is 3.85. The molecule has 0 radical (unpaired) electrons. The van der Waals surface area contributed by atoms with Crippen LogP contribution in [0.5, 0.6) is 5.75 Å². The Kier molecular flexibility index (Phi) is 7.93. The molecular weight excluding hydrogens is 390 g/mol. The summed E-state index contributed by atoms with van der Waals surface area (Å²) >= 11 is 0. The number of rotatable bonds is 7. The largest absolute Gasteiger partial charge is 0.490 e. The molecule has 3 amide bonds. The summed E-state index contributed by atoms with van der Waals surface area (Å²) in [5, 5.41) is 8.89. The highest BCUT2D eigenvalue weighted by atomic mass is 16.5. The molecule has 3 N–H and O–H groups in total. The molecule has 31 heavy (non-hydrogen) atoms. The number of anilines is 1. The summed E-state index contributed by atoms with van der Waals surface area (Å²) in [7, 11) is 0. The Balaban J connectivity index is 1.47. The first kappa shape index (κ1) is 22.7. The zero-order valence-electron chi connectivity index (χ0n) is 18.7. The van der Waals surface area contributed by atoms with Crippen LogP contribution in [-0.2, 0) is 0 Å². The van der Waals surface area contributed by atoms with Gasteiger partial charge in [0.25, 0.3) is 5.91 Å². The second kappa shape index (κ2) is 10.8. The van der Waals surface area contributed by atoms with Gasteiger partial charge in [-0.2, -0.15) is 0 Å². The van der Waals surface area contributed by atoms with E-state index in [1.807, 2.05) is 63.2 Å². The van der Waals surface area contributed by atoms with Gasteiger partial charge in [-0.25, -0.2) is 4.79 Å². The Morgan fingerprint density at radius 3 is 2.52 bits per heavy atom. The fraction of sp³-hybridized carbons (Fsp3) is 0.440. The van der Waals surface area contributed by atoms with Gasteiger partial charge in [-0.1, -0.05) is 25.1 Å². The molecule has 0 spiro atoms. The van der Waals surface area contributed by atoms with Crippen molar-refractivity contribution in [1.82, 2.24) is 10.6 Å². The van der Waals surface area contributed by atoms with Crippen molar-refractivity contribution in [1.29, 1.82) is 0 Å². The molecule has 2 aromatic rings. The summed E-state index contributed by atoms with van der Waals surface area (Å²) < 4.78 is 6.16. The van der Waals surface area contributed by atoms with Crippen molar-refractivity contribution < 1.29 is 14.3 Å². The van der Waals surface area contributed by atoms with E-state index < -0.39 is 0 Å². The van der Waals surface area contributed by atoms with Gasteiger partial charge in [-0.15, -0.1) is 0 Å². The van der Waals surface area contributed by atoms with Gasteiger partial charge in [-0.05, 0) is 81.3 Å². The van der Waals surface area contributed by atoms with Crippen LogP contribution < -0.4 is 20.7 Å². The maximum atomic E-state index is 12.4. The molecule has 1 aliphatic carbocycles. The summed E-state index contributed by atoms with van der Waals surface area (Å²) in [4.78, 5) is 24.6. The van der Waals surface area contributed by atoms with Crippen molar-refractivity contribution in [2.45, 2.75) is 65.0 Å². The Labute approximate surface area is 184 Å². The van der Waals surface area contributed by atoms with Crippen molar-refractivity contribution in [3.63, 3.8) is 0 Å². The number of nitrogens with one attached hydrogen (secondary N) is 3. The summed E-state index contributed by atoms with van der Waals surface area (Å²) in [6, 6.07) is 13.4. The molecule has 0 heterocycles. The smallest absolute Gasteiger partial charge is 0.319 e. The highest BCUT2D eigenvalue weighted by Gasteiger charge is 2.24. The van der Waals surface area contributed by atoms with Gasteiger partial charge in [-0.3, -0.25) is 4.79 Å². The molecule has 1 fully saturated rings. The van der Waals surface area contributed by atoms with Crippen LogP contribution in [0.2, 0.25) is 0 Å². The lowest BCUT2D eigenvalue weighted by atomic mass is 9.93. The molecule has 0 aliphatic heterocycles. The lowest BCUT2D eigenvalue weighted by Gasteiger charge is -2.29. The predicted octanol–water partition coefficient (Wildman–Crippen LogP) is 4.95. The molecule has 166 valence electrons. The van der Waals surface area contributed by atoms with E-state index in [9.17, 15) is 9.59 Å². The highest BCUT2D eigenvalue weighted by molar-refractivity contribution is 5.96. The van der Waals surface area contributed by atoms with Gasteiger partial charge in [0.1, 0.15) is 5.75 Å². The van der Waals surface area contributed by atoms with Gasteiger partial charge < -0.3 is 20.7 Å². The van der Waals surface area contributed by atoms with Crippen LogP contribution in [0, 0.1) is 13.8 Å². The van der Waals surface area contributed by atoms with Crippen LogP contribution in [0.1, 0.15) is 60.5 Å². The van der Waals surface area contributed by atoms with Gasteiger partial charge >= 0.3 is 6.03 Å². The topological polar surface area (TPSA) is 79.5 Å². The van der Waals surface area contributed by atoms with Crippen LogP contribution in [-0.4, -0.2) is 30.6 Å². The van der Waals surface area contributed by atoms with E-state index in [2.05, 4.69) is 16.0 Å². The first-order chi connectivity index (χ1) is 14.9. The molecule has 1 aliphatic rings. The van der Waals surface area contributed by atoms with Gasteiger partial charge in [0.2, 0.25) is 0 Å². The standard InChI is InChI=1S/C25H33N3O3/c1-4-14-26-24(29)23-16-22(11-8-18(23)3)31-21-12-9-19(10-13-21)27-25(30)28-20-7-5-6-17(2)15-20/h5-8,11,15-16,19,21H,4,9-10,12-14H2,1-3H3,(H,26,29)(H2,27,28,30). The highest BCUT2D eigenvalue weighted by Crippen LogP contribution is 2.25. The number of hydrogen-bond acceptors (Lipinski definition) is 3. The van der Waals surface area contributed by atoms with Crippen molar-refractivity contribution in [2.24, 2.45) is 0 Å². The van der Waals surface area contributed by atoms with Crippen LogP contribution in [0.3, 0.4) is 0 Å². The average Bonchev–Trinajstić information content (AvgIpc) is 2.74. The Morgan fingerprint density at radius 1 is 1.03 bits per heavy atom. The third-order valence-corrected chi connectivity index (χ3v) is 5.58. The van der Waals surface area contributed by atoms with Crippen LogP contribution in [0.15, 0.2) is 42.5 Å². The number of hydrogen-bond donors (Lipinski definition) is 3. The van der Waals surface area contributed by atoms with Gasteiger partial charge in [0, 0.05) is 23.8 Å². The lowest BCUT2D eigenvalue weighted by molar-refractivity contribution is 0.0951. The second-order valence-electron chi connectivity index (χ2n) is 8.29. The third kappa shape index (κ3) is 6.74. The molecule has 0 saturated heterocycles. The number of carbonyl (C=O) groups excluding carboxylic acids is 2. The minimum absolute atomic E-state index is 0.0580. The first-order valence-corrected chi connectivity index (χ1v) is 11.1. The van der Waals surface area contributed by atoms with E-state index in [1.54, 1.807) is 0 Å². The minimum Gasteiger partial charge on any atom is -0.490 e. The normalized spacial score (nSPS) is 18.2. The number of amides is 3. The number of urea groups is 1. The van der Waals surface area contributed by atoms with Crippen LogP contribution >= 0.6 is 0 Å². The zero-order valence-corrected chi connectivity index (χ0v) is 18.7. The first-order valence-electron chi connectivity index (χ1n) is 11.1. The van der Waals surface area contributed by atoms with Crippen molar-refractivity contribution in [2.75, 3.05) is 11.9 Å². The van der Waals surface area contributed by atoms with E-state index in [4.69, 9.17) is 4.74 Å². The Hall–Kier alpha value is -3.02. The number of aryl methyl sites for hydroxylation is 2.